The third kappa shape index (κ3) is 6.38. The highest BCUT2D eigenvalue weighted by molar-refractivity contribution is 6.30. The summed E-state index contributed by atoms with van der Waals surface area (Å²) in [6, 6.07) is 5.51. The van der Waals surface area contributed by atoms with E-state index in [1.807, 2.05) is 19.0 Å². The molecule has 0 spiro atoms. The fourth-order valence-corrected chi connectivity index (χ4v) is 5.87. The van der Waals surface area contributed by atoms with E-state index >= 15 is 0 Å². The Morgan fingerprint density at radius 1 is 1.00 bits per heavy atom. The number of nitrogens with one attached hydrogen (secondary N) is 1. The molecule has 0 saturated carbocycles. The highest BCUT2D eigenvalue weighted by Gasteiger charge is 2.48. The van der Waals surface area contributed by atoms with Gasteiger partial charge in [0.25, 0.3) is 0 Å². The Hall–Kier alpha value is -3.11. The van der Waals surface area contributed by atoms with E-state index in [1.54, 1.807) is 12.1 Å². The molecular weight excluding hydrogens is 524 g/mol. The zero-order valence-corrected chi connectivity index (χ0v) is 24.3. The van der Waals surface area contributed by atoms with Crippen LogP contribution >= 0.6 is 0 Å². The largest absolute Gasteiger partial charge is 0.507 e. The molecule has 0 radical (unpaired) electrons. The fraction of sp³-hybridized carbons (Fsp3) is 0.531. The highest BCUT2D eigenvalue weighted by Crippen LogP contribution is 2.50. The summed E-state index contributed by atoms with van der Waals surface area (Å²) in [6.45, 7) is 3.36. The van der Waals surface area contributed by atoms with Gasteiger partial charge in [-0.05, 0) is 20.5 Å². The van der Waals surface area contributed by atoms with Gasteiger partial charge in [0.05, 0.1) is 11.1 Å². The zero-order valence-electron chi connectivity index (χ0n) is 24.3. The molecule has 4 N–H and O–H groups in total. The van der Waals surface area contributed by atoms with Crippen molar-refractivity contribution in [3.05, 3.63) is 57.6 Å². The maximum Gasteiger partial charge on any atom is 0.198 e. The molecule has 2 aromatic rings. The summed E-state index contributed by atoms with van der Waals surface area (Å²) in [6.07, 6.45) is 6.10. The number of carbonyl (C=O) groups excluding carboxylic acids is 3. The van der Waals surface area contributed by atoms with Crippen molar-refractivity contribution < 1.29 is 34.4 Å². The Kier molecular flexibility index (Phi) is 9.96. The van der Waals surface area contributed by atoms with E-state index in [0.717, 1.165) is 19.3 Å². The minimum absolute atomic E-state index is 0.0853. The van der Waals surface area contributed by atoms with E-state index in [4.69, 9.17) is 4.74 Å². The van der Waals surface area contributed by atoms with E-state index in [-0.39, 0.29) is 52.8 Å². The van der Waals surface area contributed by atoms with Crippen molar-refractivity contribution in [2.75, 3.05) is 40.4 Å². The van der Waals surface area contributed by atoms with Gasteiger partial charge in [-0.2, -0.15) is 0 Å². The van der Waals surface area contributed by atoms with Crippen molar-refractivity contribution in [3.8, 4) is 11.5 Å². The summed E-state index contributed by atoms with van der Waals surface area (Å²) in [5, 5.41) is 37.8. The molecule has 2 aliphatic rings. The smallest absolute Gasteiger partial charge is 0.198 e. The Balaban J connectivity index is 1.63. The summed E-state index contributed by atoms with van der Waals surface area (Å²) in [7, 11) is 3.80. The average molecular weight is 567 g/mol. The molecule has 4 rings (SSSR count). The second kappa shape index (κ2) is 13.2. The molecule has 0 heterocycles. The van der Waals surface area contributed by atoms with Gasteiger partial charge < -0.3 is 30.3 Å². The van der Waals surface area contributed by atoms with Crippen molar-refractivity contribution in [1.29, 1.82) is 0 Å². The number of unbranched alkanes of at least 4 members (excludes halogenated alkanes) is 5. The first kappa shape index (κ1) is 30.8. The standard InChI is InChI=1S/C32H42N2O7/c1-4-5-6-7-8-11-16-41-19-24(35)32(40)17-22-25(23(18-32)33-14-15-34(2)3)31(39)27-26(30(22)38)28(36)20-12-9-10-13-21(20)29(27)37/h9-10,12-13,23,33,38-40H,4-8,11,14-19H2,1-3H3. The van der Waals surface area contributed by atoms with Gasteiger partial charge >= 0.3 is 0 Å². The van der Waals surface area contributed by atoms with Gasteiger partial charge in [0, 0.05) is 60.8 Å². The number of aromatic hydroxyl groups is 2. The summed E-state index contributed by atoms with van der Waals surface area (Å²) in [5.74, 6) is -2.57. The number of fused-ring (bicyclic) bond motifs is 3. The van der Waals surface area contributed by atoms with Crippen LogP contribution in [0, 0.1) is 0 Å². The number of nitrogens with zero attached hydrogens (tertiary/aromatic N) is 1. The number of rotatable bonds is 14. The molecule has 2 atom stereocenters. The van der Waals surface area contributed by atoms with Crippen LogP contribution in [0.4, 0.5) is 0 Å². The summed E-state index contributed by atoms with van der Waals surface area (Å²) in [5.41, 5.74) is -1.85. The molecule has 2 aromatic carbocycles. The Morgan fingerprint density at radius 3 is 2.24 bits per heavy atom. The Labute approximate surface area is 241 Å². The predicted molar refractivity (Wildman–Crippen MR) is 155 cm³/mol. The van der Waals surface area contributed by atoms with E-state index in [1.165, 1.54) is 31.4 Å². The minimum atomic E-state index is -1.90. The van der Waals surface area contributed by atoms with E-state index in [0.29, 0.717) is 19.7 Å². The van der Waals surface area contributed by atoms with E-state index < -0.39 is 40.5 Å². The Bertz CT molecular complexity index is 1310. The second-order valence-electron chi connectivity index (χ2n) is 11.5. The molecule has 2 aliphatic carbocycles. The molecule has 0 amide bonds. The van der Waals surface area contributed by atoms with Crippen LogP contribution in [0.3, 0.4) is 0 Å². The first-order valence-electron chi connectivity index (χ1n) is 14.6. The number of carbonyl (C=O) groups is 3. The molecule has 222 valence electrons. The van der Waals surface area contributed by atoms with Gasteiger partial charge in [-0.15, -0.1) is 0 Å². The van der Waals surface area contributed by atoms with Gasteiger partial charge in [0.2, 0.25) is 0 Å². The van der Waals surface area contributed by atoms with Crippen molar-refractivity contribution in [3.63, 3.8) is 0 Å². The fourth-order valence-electron chi connectivity index (χ4n) is 5.87. The predicted octanol–water partition coefficient (Wildman–Crippen LogP) is 3.69. The number of likely N-dealkylation sites (N-methyl/N-ethyl adjacent to an activating group) is 1. The lowest BCUT2D eigenvalue weighted by Crippen LogP contribution is -2.50. The minimum Gasteiger partial charge on any atom is -0.507 e. The molecule has 0 bridgehead atoms. The number of aliphatic hydroxyl groups is 1. The average Bonchev–Trinajstić information content (AvgIpc) is 2.94. The van der Waals surface area contributed by atoms with E-state index in [9.17, 15) is 29.7 Å². The van der Waals surface area contributed by atoms with Crippen LogP contribution in [0.2, 0.25) is 0 Å². The highest BCUT2D eigenvalue weighted by atomic mass is 16.5. The van der Waals surface area contributed by atoms with Crippen LogP contribution < -0.4 is 5.32 Å². The lowest BCUT2D eigenvalue weighted by Gasteiger charge is -2.39. The maximum atomic E-state index is 13.4. The maximum absolute atomic E-state index is 13.4. The Morgan fingerprint density at radius 2 is 1.61 bits per heavy atom. The number of ketones is 3. The third-order valence-corrected chi connectivity index (χ3v) is 8.16. The number of Topliss-reactive ketones (excluding diaryl/α,β-unsaturated/α-hetero) is 1. The molecule has 0 aromatic heterocycles. The first-order valence-corrected chi connectivity index (χ1v) is 14.6. The van der Waals surface area contributed by atoms with Gasteiger partial charge in [-0.3, -0.25) is 14.4 Å². The van der Waals surface area contributed by atoms with Crippen molar-refractivity contribution in [2.24, 2.45) is 0 Å². The van der Waals surface area contributed by atoms with Gasteiger partial charge in [-0.1, -0.05) is 63.3 Å². The van der Waals surface area contributed by atoms with Crippen LogP contribution in [-0.2, 0) is 16.0 Å². The molecule has 9 nitrogen and oxygen atoms in total. The van der Waals surface area contributed by atoms with Gasteiger partial charge in [-0.25, -0.2) is 0 Å². The van der Waals surface area contributed by atoms with Crippen molar-refractivity contribution >= 4 is 17.3 Å². The number of ether oxygens (including phenoxy) is 1. The summed E-state index contributed by atoms with van der Waals surface area (Å²) in [4.78, 5) is 42.1. The lowest BCUT2D eigenvalue weighted by atomic mass is 9.71. The van der Waals surface area contributed by atoms with E-state index in [2.05, 4.69) is 12.2 Å². The summed E-state index contributed by atoms with van der Waals surface area (Å²) < 4.78 is 5.62. The molecule has 9 heteroatoms. The van der Waals surface area contributed by atoms with Gasteiger partial charge in [0.1, 0.15) is 23.7 Å². The normalized spacial score (nSPS) is 19.7. The van der Waals surface area contributed by atoms with Crippen LogP contribution in [-0.4, -0.2) is 83.6 Å². The number of phenolic OH excluding ortho intramolecular Hbond substituents is 2. The van der Waals surface area contributed by atoms with Crippen LogP contribution in [0.25, 0.3) is 0 Å². The number of hydrogen-bond donors (Lipinski definition) is 4. The SMILES string of the molecule is CCCCCCCCOCC(=O)C1(O)Cc2c(O)c3c(c(O)c2C(NCCN(C)C)C1)C(=O)c1ccccc1C3=O. The van der Waals surface area contributed by atoms with Gasteiger partial charge in [0.15, 0.2) is 17.3 Å². The zero-order chi connectivity index (χ0) is 29.7. The van der Waals surface area contributed by atoms with Crippen LogP contribution in [0.5, 0.6) is 11.5 Å². The first-order chi connectivity index (χ1) is 19.6. The topological polar surface area (TPSA) is 136 Å². The molecule has 2 unspecified atom stereocenters. The molecule has 41 heavy (non-hydrogen) atoms. The quantitative estimate of drug-likeness (QED) is 0.170. The van der Waals surface area contributed by atoms with Crippen LogP contribution in [0.15, 0.2) is 24.3 Å². The molecule has 0 saturated heterocycles. The summed E-state index contributed by atoms with van der Waals surface area (Å²) >= 11 is 0. The number of phenols is 2. The van der Waals surface area contributed by atoms with Crippen molar-refractivity contribution in [1.82, 2.24) is 10.2 Å². The third-order valence-electron chi connectivity index (χ3n) is 8.16. The van der Waals surface area contributed by atoms with Crippen molar-refractivity contribution in [2.45, 2.75) is 69.9 Å². The monoisotopic (exact) mass is 566 g/mol. The lowest BCUT2D eigenvalue weighted by molar-refractivity contribution is -0.144. The second-order valence-corrected chi connectivity index (χ2v) is 11.5. The molecular formula is C32H42N2O7. The molecule has 0 fully saturated rings. The number of hydrogen-bond acceptors (Lipinski definition) is 9. The van der Waals surface area contributed by atoms with Crippen LogP contribution in [0.1, 0.15) is 101 Å². The molecule has 0 aliphatic heterocycles. The number of benzene rings is 2.